The van der Waals surface area contributed by atoms with Gasteiger partial charge in [0.15, 0.2) is 11.5 Å². The number of rotatable bonds is 4. The highest BCUT2D eigenvalue weighted by molar-refractivity contribution is 7.88. The van der Waals surface area contributed by atoms with Crippen molar-refractivity contribution in [3.8, 4) is 11.5 Å². The van der Waals surface area contributed by atoms with Crippen molar-refractivity contribution in [2.75, 3.05) is 58.7 Å². The lowest BCUT2D eigenvalue weighted by molar-refractivity contribution is -0.133. The van der Waals surface area contributed by atoms with Crippen LogP contribution in [0.1, 0.15) is 24.4 Å². The summed E-state index contributed by atoms with van der Waals surface area (Å²) in [6, 6.07) is 6.00. The van der Waals surface area contributed by atoms with Crippen LogP contribution in [-0.2, 0) is 14.8 Å². The van der Waals surface area contributed by atoms with Crippen LogP contribution in [-0.4, -0.2) is 87.2 Å². The lowest BCUT2D eigenvalue weighted by atomic mass is 10.0. The summed E-state index contributed by atoms with van der Waals surface area (Å²) in [7, 11) is -3.16. The van der Waals surface area contributed by atoms with Crippen molar-refractivity contribution in [3.63, 3.8) is 0 Å². The van der Waals surface area contributed by atoms with Crippen LogP contribution in [0.4, 0.5) is 0 Å². The van der Waals surface area contributed by atoms with E-state index in [1.54, 1.807) is 0 Å². The first-order valence-electron chi connectivity index (χ1n) is 9.78. The molecule has 0 aromatic heterocycles. The molecular weight excluding hydrogens is 382 g/mol. The summed E-state index contributed by atoms with van der Waals surface area (Å²) < 4.78 is 36.0. The molecule has 0 unspecified atom stereocenters. The fourth-order valence-corrected chi connectivity index (χ4v) is 5.01. The number of sulfonamides is 1. The smallest absolute Gasteiger partial charge is 0.237 e. The van der Waals surface area contributed by atoms with E-state index in [1.807, 2.05) is 28.0 Å². The van der Waals surface area contributed by atoms with Crippen molar-refractivity contribution in [2.45, 2.75) is 18.9 Å². The highest BCUT2D eigenvalue weighted by Crippen LogP contribution is 2.38. The molecule has 8 nitrogen and oxygen atoms in total. The van der Waals surface area contributed by atoms with E-state index < -0.39 is 10.0 Å². The molecule has 3 aliphatic heterocycles. The second-order valence-electron chi connectivity index (χ2n) is 7.59. The van der Waals surface area contributed by atoms with Crippen LogP contribution in [0, 0.1) is 0 Å². The van der Waals surface area contributed by atoms with Crippen LogP contribution in [0.15, 0.2) is 18.2 Å². The second kappa shape index (κ2) is 7.88. The first kappa shape index (κ1) is 19.5. The van der Waals surface area contributed by atoms with E-state index in [1.165, 1.54) is 10.6 Å². The molecule has 3 heterocycles. The van der Waals surface area contributed by atoms with Gasteiger partial charge in [-0.1, -0.05) is 6.07 Å². The number of amides is 1. The van der Waals surface area contributed by atoms with Gasteiger partial charge in [-0.05, 0) is 30.5 Å². The Morgan fingerprint density at radius 2 is 1.79 bits per heavy atom. The Bertz CT molecular complexity index is 836. The van der Waals surface area contributed by atoms with E-state index in [4.69, 9.17) is 9.47 Å². The molecule has 154 valence electrons. The van der Waals surface area contributed by atoms with Crippen LogP contribution in [0.5, 0.6) is 11.5 Å². The molecule has 2 fully saturated rings. The Morgan fingerprint density at radius 3 is 2.50 bits per heavy atom. The maximum Gasteiger partial charge on any atom is 0.237 e. The van der Waals surface area contributed by atoms with Crippen LogP contribution < -0.4 is 9.47 Å². The molecule has 4 rings (SSSR count). The van der Waals surface area contributed by atoms with Gasteiger partial charge in [0.1, 0.15) is 13.2 Å². The summed E-state index contributed by atoms with van der Waals surface area (Å²) in [6.45, 7) is 4.24. The molecule has 1 atom stereocenters. The Morgan fingerprint density at radius 1 is 1.07 bits per heavy atom. The topological polar surface area (TPSA) is 79.4 Å². The molecule has 1 aromatic rings. The number of carbonyl (C=O) groups is 1. The Kier molecular flexibility index (Phi) is 5.48. The maximum absolute atomic E-state index is 13.0. The average Bonchev–Trinajstić information content (AvgIpc) is 3.17. The molecule has 28 heavy (non-hydrogen) atoms. The molecule has 0 aliphatic carbocycles. The van der Waals surface area contributed by atoms with E-state index in [9.17, 15) is 13.2 Å². The van der Waals surface area contributed by atoms with Crippen LogP contribution in [0.3, 0.4) is 0 Å². The van der Waals surface area contributed by atoms with Crippen molar-refractivity contribution in [1.29, 1.82) is 0 Å². The number of fused-ring (bicyclic) bond motifs is 1. The summed E-state index contributed by atoms with van der Waals surface area (Å²) in [5.74, 6) is 1.61. The zero-order chi connectivity index (χ0) is 19.7. The summed E-state index contributed by atoms with van der Waals surface area (Å²) in [4.78, 5) is 17.0. The lowest BCUT2D eigenvalue weighted by Crippen LogP contribution is -2.51. The number of likely N-dealkylation sites (tertiary alicyclic amines) is 1. The van der Waals surface area contributed by atoms with Crippen LogP contribution in [0.25, 0.3) is 0 Å². The minimum Gasteiger partial charge on any atom is -0.486 e. The van der Waals surface area contributed by atoms with E-state index in [0.717, 1.165) is 36.4 Å². The highest BCUT2D eigenvalue weighted by atomic mass is 32.2. The molecule has 3 aliphatic rings. The van der Waals surface area contributed by atoms with Crippen LogP contribution in [0.2, 0.25) is 0 Å². The number of hydrogen-bond donors (Lipinski definition) is 0. The van der Waals surface area contributed by atoms with Gasteiger partial charge >= 0.3 is 0 Å². The molecule has 1 aromatic carbocycles. The van der Waals surface area contributed by atoms with Crippen molar-refractivity contribution >= 4 is 15.9 Å². The standard InChI is InChI=1S/C19H27N3O5S/c1-28(24,25)21-9-7-20(8-10-21)14-19(23)22-6-2-3-16(22)15-4-5-17-18(13-15)27-12-11-26-17/h4-5,13,16H,2-3,6-12,14H2,1H3/t16-/m0/s1. The van der Waals surface area contributed by atoms with Crippen molar-refractivity contribution in [3.05, 3.63) is 23.8 Å². The summed E-state index contributed by atoms with van der Waals surface area (Å²) in [5.41, 5.74) is 1.08. The van der Waals surface area contributed by atoms with E-state index in [2.05, 4.69) is 0 Å². The molecule has 0 radical (unpaired) electrons. The third kappa shape index (κ3) is 4.11. The third-order valence-corrected chi connectivity index (χ3v) is 6.99. The van der Waals surface area contributed by atoms with E-state index in [0.29, 0.717) is 45.9 Å². The van der Waals surface area contributed by atoms with Gasteiger partial charge in [0, 0.05) is 32.7 Å². The fraction of sp³-hybridized carbons (Fsp3) is 0.632. The van der Waals surface area contributed by atoms with Gasteiger partial charge in [-0.3, -0.25) is 9.69 Å². The minimum atomic E-state index is -3.16. The van der Waals surface area contributed by atoms with Crippen molar-refractivity contribution in [2.24, 2.45) is 0 Å². The molecule has 2 saturated heterocycles. The zero-order valence-corrected chi connectivity index (χ0v) is 17.0. The van der Waals surface area contributed by atoms with Gasteiger partial charge in [-0.2, -0.15) is 4.31 Å². The Labute approximate surface area is 166 Å². The number of nitrogens with zero attached hydrogens (tertiary/aromatic N) is 3. The van der Waals surface area contributed by atoms with Crippen LogP contribution >= 0.6 is 0 Å². The van der Waals surface area contributed by atoms with Gasteiger partial charge in [0.05, 0.1) is 18.8 Å². The van der Waals surface area contributed by atoms with Gasteiger partial charge in [0.25, 0.3) is 0 Å². The first-order valence-corrected chi connectivity index (χ1v) is 11.6. The Balaban J connectivity index is 1.39. The quantitative estimate of drug-likeness (QED) is 0.728. The predicted molar refractivity (Wildman–Crippen MR) is 104 cm³/mol. The SMILES string of the molecule is CS(=O)(=O)N1CCN(CC(=O)N2CCC[C@H]2c2ccc3c(c2)OCCO3)CC1. The molecule has 9 heteroatoms. The lowest BCUT2D eigenvalue weighted by Gasteiger charge is -2.34. The van der Waals surface area contributed by atoms with Gasteiger partial charge in [0.2, 0.25) is 15.9 Å². The number of ether oxygens (including phenoxy) is 2. The van der Waals surface area contributed by atoms with Gasteiger partial charge < -0.3 is 14.4 Å². The number of carbonyl (C=O) groups excluding carboxylic acids is 1. The van der Waals surface area contributed by atoms with E-state index >= 15 is 0 Å². The van der Waals surface area contributed by atoms with Gasteiger partial charge in [-0.15, -0.1) is 0 Å². The molecule has 0 saturated carbocycles. The zero-order valence-electron chi connectivity index (χ0n) is 16.2. The molecule has 0 spiro atoms. The molecule has 1 amide bonds. The number of hydrogen-bond acceptors (Lipinski definition) is 6. The number of benzene rings is 1. The second-order valence-corrected chi connectivity index (χ2v) is 9.57. The number of piperazine rings is 1. The average molecular weight is 410 g/mol. The largest absolute Gasteiger partial charge is 0.486 e. The molecule has 0 bridgehead atoms. The first-order chi connectivity index (χ1) is 13.4. The predicted octanol–water partition coefficient (Wildman–Crippen LogP) is 0.699. The summed E-state index contributed by atoms with van der Waals surface area (Å²) in [5, 5.41) is 0. The van der Waals surface area contributed by atoms with Crippen molar-refractivity contribution in [1.82, 2.24) is 14.1 Å². The highest BCUT2D eigenvalue weighted by Gasteiger charge is 2.32. The van der Waals surface area contributed by atoms with Gasteiger partial charge in [-0.25, -0.2) is 8.42 Å². The molecule has 0 N–H and O–H groups in total. The monoisotopic (exact) mass is 409 g/mol. The summed E-state index contributed by atoms with van der Waals surface area (Å²) in [6.07, 6.45) is 3.15. The maximum atomic E-state index is 13.0. The molecular formula is C19H27N3O5S. The third-order valence-electron chi connectivity index (χ3n) is 5.68. The van der Waals surface area contributed by atoms with Crippen molar-refractivity contribution < 1.29 is 22.7 Å². The minimum absolute atomic E-state index is 0.0561. The normalized spacial score (nSPS) is 23.8. The van der Waals surface area contributed by atoms with E-state index in [-0.39, 0.29) is 11.9 Å². The fourth-order valence-electron chi connectivity index (χ4n) is 4.18. The Hall–Kier alpha value is -1.84. The summed E-state index contributed by atoms with van der Waals surface area (Å²) >= 11 is 0.